The predicted molar refractivity (Wildman–Crippen MR) is 78.5 cm³/mol. The van der Waals surface area contributed by atoms with Crippen LogP contribution in [0.2, 0.25) is 0 Å². The maximum Gasteiger partial charge on any atom is 0.0323 e. The van der Waals surface area contributed by atoms with Crippen LogP contribution < -0.4 is 5.73 Å². The van der Waals surface area contributed by atoms with Crippen LogP contribution in [0.15, 0.2) is 24.3 Å². The molecule has 1 aromatic rings. The second kappa shape index (κ2) is 6.38. The summed E-state index contributed by atoms with van der Waals surface area (Å²) in [6.07, 6.45) is 7.83. The summed E-state index contributed by atoms with van der Waals surface area (Å²) in [7, 11) is 0. The van der Waals surface area contributed by atoms with Crippen molar-refractivity contribution in [3.05, 3.63) is 35.4 Å². The van der Waals surface area contributed by atoms with Crippen molar-refractivity contribution in [3.8, 4) is 0 Å². The van der Waals surface area contributed by atoms with E-state index in [4.69, 9.17) is 5.73 Å². The highest BCUT2D eigenvalue weighted by Gasteiger charge is 2.25. The number of hydrogen-bond acceptors (Lipinski definition) is 1. The molecule has 0 aliphatic heterocycles. The molecule has 1 fully saturated rings. The lowest BCUT2D eigenvalue weighted by Crippen LogP contribution is -2.26. The molecule has 1 unspecified atom stereocenters. The van der Waals surface area contributed by atoms with Gasteiger partial charge in [-0.25, -0.2) is 0 Å². The molecule has 0 bridgehead atoms. The van der Waals surface area contributed by atoms with Gasteiger partial charge in [-0.3, -0.25) is 0 Å². The Morgan fingerprint density at radius 3 is 2.50 bits per heavy atom. The first-order chi connectivity index (χ1) is 8.74. The van der Waals surface area contributed by atoms with Crippen LogP contribution in [-0.4, -0.2) is 0 Å². The van der Waals surface area contributed by atoms with Gasteiger partial charge in [0, 0.05) is 6.04 Å². The fourth-order valence-corrected chi connectivity index (χ4v) is 3.25. The molecule has 0 aromatic heterocycles. The number of hydrogen-bond donors (Lipinski definition) is 1. The second-order valence-corrected chi connectivity index (χ2v) is 5.81. The van der Waals surface area contributed by atoms with E-state index in [1.54, 1.807) is 0 Å². The lowest BCUT2D eigenvalue weighted by Gasteiger charge is -2.32. The molecule has 1 aliphatic carbocycles. The number of aryl methyl sites for hydroxylation is 1. The normalized spacial score (nSPS) is 25.9. The Morgan fingerprint density at radius 1 is 1.17 bits per heavy atom. The molecule has 0 saturated heterocycles. The van der Waals surface area contributed by atoms with E-state index in [1.807, 2.05) is 0 Å². The quantitative estimate of drug-likeness (QED) is 0.832. The summed E-state index contributed by atoms with van der Waals surface area (Å²) in [6, 6.07) is 9.11. The first kappa shape index (κ1) is 13.6. The van der Waals surface area contributed by atoms with Crippen LogP contribution >= 0.6 is 0 Å². The highest BCUT2D eigenvalue weighted by Crippen LogP contribution is 2.36. The van der Waals surface area contributed by atoms with Crippen LogP contribution in [0.3, 0.4) is 0 Å². The minimum Gasteiger partial charge on any atom is -0.324 e. The molecular weight excluding hydrogens is 218 g/mol. The molecule has 18 heavy (non-hydrogen) atoms. The van der Waals surface area contributed by atoms with E-state index in [1.165, 1.54) is 43.2 Å². The van der Waals surface area contributed by atoms with Gasteiger partial charge in [0.2, 0.25) is 0 Å². The minimum absolute atomic E-state index is 0.245. The Kier molecular flexibility index (Phi) is 4.82. The van der Waals surface area contributed by atoms with Crippen molar-refractivity contribution in [2.75, 3.05) is 0 Å². The maximum atomic E-state index is 6.48. The summed E-state index contributed by atoms with van der Waals surface area (Å²) in [4.78, 5) is 0. The molecule has 1 aromatic carbocycles. The van der Waals surface area contributed by atoms with E-state index in [0.717, 1.165) is 12.3 Å². The zero-order valence-electron chi connectivity index (χ0n) is 11.9. The van der Waals surface area contributed by atoms with Gasteiger partial charge in [0.25, 0.3) is 0 Å². The van der Waals surface area contributed by atoms with Crippen LogP contribution in [0.4, 0.5) is 0 Å². The monoisotopic (exact) mass is 245 g/mol. The largest absolute Gasteiger partial charge is 0.324 e. The topological polar surface area (TPSA) is 26.0 Å². The van der Waals surface area contributed by atoms with E-state index in [9.17, 15) is 0 Å². The number of benzene rings is 1. The minimum atomic E-state index is 0.245. The van der Waals surface area contributed by atoms with Gasteiger partial charge < -0.3 is 5.73 Å². The van der Waals surface area contributed by atoms with Gasteiger partial charge in [-0.05, 0) is 42.2 Å². The van der Waals surface area contributed by atoms with Gasteiger partial charge in [0.15, 0.2) is 0 Å². The Labute approximate surface area is 112 Å². The predicted octanol–water partition coefficient (Wildman–Crippen LogP) is 4.47. The van der Waals surface area contributed by atoms with E-state index < -0.39 is 0 Å². The summed E-state index contributed by atoms with van der Waals surface area (Å²) in [5.41, 5.74) is 9.23. The summed E-state index contributed by atoms with van der Waals surface area (Å²) >= 11 is 0. The molecule has 2 rings (SSSR count). The van der Waals surface area contributed by atoms with E-state index in [-0.39, 0.29) is 6.04 Å². The van der Waals surface area contributed by atoms with E-state index in [2.05, 4.69) is 38.1 Å². The van der Waals surface area contributed by atoms with Crippen molar-refractivity contribution in [3.63, 3.8) is 0 Å². The van der Waals surface area contributed by atoms with E-state index in [0.29, 0.717) is 5.92 Å². The van der Waals surface area contributed by atoms with Crippen LogP contribution in [0.25, 0.3) is 0 Å². The van der Waals surface area contributed by atoms with Gasteiger partial charge in [0.05, 0.1) is 0 Å². The molecule has 1 nitrogen and oxygen atoms in total. The van der Waals surface area contributed by atoms with Crippen LogP contribution in [0.1, 0.15) is 63.1 Å². The Balaban J connectivity index is 2.00. The number of nitrogens with two attached hydrogens (primary N) is 1. The van der Waals surface area contributed by atoms with Crippen molar-refractivity contribution in [1.82, 2.24) is 0 Å². The maximum absolute atomic E-state index is 6.48. The van der Waals surface area contributed by atoms with Crippen molar-refractivity contribution < 1.29 is 0 Å². The van der Waals surface area contributed by atoms with Gasteiger partial charge in [-0.1, -0.05) is 57.4 Å². The Bertz CT molecular complexity index is 364. The van der Waals surface area contributed by atoms with Crippen LogP contribution in [0, 0.1) is 11.8 Å². The summed E-state index contributed by atoms with van der Waals surface area (Å²) in [6.45, 7) is 4.52. The highest BCUT2D eigenvalue weighted by molar-refractivity contribution is 5.26. The average Bonchev–Trinajstić information content (AvgIpc) is 2.46. The van der Waals surface area contributed by atoms with Crippen LogP contribution in [-0.2, 0) is 6.42 Å². The first-order valence-corrected chi connectivity index (χ1v) is 7.59. The lowest BCUT2D eigenvalue weighted by molar-refractivity contribution is 0.240. The molecule has 1 saturated carbocycles. The van der Waals surface area contributed by atoms with Gasteiger partial charge in [-0.2, -0.15) is 0 Å². The molecule has 0 heterocycles. The smallest absolute Gasteiger partial charge is 0.0323 e. The standard InChI is InChI=1S/C17H27N/c1-3-13-8-10-15(11-9-13)17(18)16-7-5-6-14(4-2)12-16/h5-7,12-13,15,17H,3-4,8-11,18H2,1-2H3. The fourth-order valence-electron chi connectivity index (χ4n) is 3.25. The molecule has 1 heteroatoms. The Morgan fingerprint density at radius 2 is 1.89 bits per heavy atom. The highest BCUT2D eigenvalue weighted by atomic mass is 14.7. The third-order valence-corrected chi connectivity index (χ3v) is 4.72. The summed E-state index contributed by atoms with van der Waals surface area (Å²) in [5, 5.41) is 0. The van der Waals surface area contributed by atoms with Gasteiger partial charge in [0.1, 0.15) is 0 Å². The van der Waals surface area contributed by atoms with Crippen LogP contribution in [0.5, 0.6) is 0 Å². The SMILES string of the molecule is CCc1cccc(C(N)C2CCC(CC)CC2)c1. The summed E-state index contributed by atoms with van der Waals surface area (Å²) in [5.74, 6) is 1.65. The second-order valence-electron chi connectivity index (χ2n) is 5.81. The zero-order valence-corrected chi connectivity index (χ0v) is 11.9. The Hall–Kier alpha value is -0.820. The molecule has 1 aliphatic rings. The van der Waals surface area contributed by atoms with Crippen molar-refractivity contribution in [1.29, 1.82) is 0 Å². The molecular formula is C17H27N. The molecule has 0 amide bonds. The summed E-state index contributed by atoms with van der Waals surface area (Å²) < 4.78 is 0. The fraction of sp³-hybridized carbons (Fsp3) is 0.647. The zero-order chi connectivity index (χ0) is 13.0. The van der Waals surface area contributed by atoms with Gasteiger partial charge >= 0.3 is 0 Å². The van der Waals surface area contributed by atoms with E-state index >= 15 is 0 Å². The third-order valence-electron chi connectivity index (χ3n) is 4.72. The lowest BCUT2D eigenvalue weighted by atomic mass is 9.76. The average molecular weight is 245 g/mol. The molecule has 0 radical (unpaired) electrons. The molecule has 0 spiro atoms. The molecule has 1 atom stereocenters. The van der Waals surface area contributed by atoms with Crippen molar-refractivity contribution >= 4 is 0 Å². The third kappa shape index (κ3) is 3.14. The molecule has 100 valence electrons. The first-order valence-electron chi connectivity index (χ1n) is 7.59. The molecule has 2 N–H and O–H groups in total. The number of rotatable bonds is 4. The van der Waals surface area contributed by atoms with Crippen molar-refractivity contribution in [2.45, 2.75) is 58.4 Å². The van der Waals surface area contributed by atoms with Gasteiger partial charge in [-0.15, -0.1) is 0 Å². The van der Waals surface area contributed by atoms with Crippen molar-refractivity contribution in [2.24, 2.45) is 17.6 Å².